The molecule has 0 aliphatic heterocycles. The summed E-state index contributed by atoms with van der Waals surface area (Å²) in [6.45, 7) is -0.442. The van der Waals surface area contributed by atoms with E-state index < -0.39 is 18.6 Å². The fourth-order valence-corrected chi connectivity index (χ4v) is 1.70. The second kappa shape index (κ2) is 5.77. The second-order valence-electron chi connectivity index (χ2n) is 3.62. The van der Waals surface area contributed by atoms with Gasteiger partial charge in [0.15, 0.2) is 5.82 Å². The number of carbonyl (C=O) groups is 1. The van der Waals surface area contributed by atoms with Gasteiger partial charge in [0, 0.05) is 6.20 Å². The summed E-state index contributed by atoms with van der Waals surface area (Å²) in [4.78, 5) is 23.5. The SMILES string of the molecule is COC(=O)[C@H](CO)Nc1nc(Cl)nc2cccnc12. The number of rotatable bonds is 4. The van der Waals surface area contributed by atoms with Gasteiger partial charge in [-0.25, -0.2) is 9.78 Å². The molecule has 0 aromatic carbocycles. The maximum atomic E-state index is 11.4. The zero-order valence-corrected chi connectivity index (χ0v) is 10.8. The molecule has 19 heavy (non-hydrogen) atoms. The minimum absolute atomic E-state index is 0.0181. The van der Waals surface area contributed by atoms with Crippen LogP contribution in [-0.4, -0.2) is 45.8 Å². The van der Waals surface area contributed by atoms with Gasteiger partial charge in [-0.3, -0.25) is 4.98 Å². The summed E-state index contributed by atoms with van der Waals surface area (Å²) in [6.07, 6.45) is 1.57. The molecular weight excluding hydrogens is 272 g/mol. The summed E-state index contributed by atoms with van der Waals surface area (Å²) in [5.41, 5.74) is 0.987. The van der Waals surface area contributed by atoms with Gasteiger partial charge < -0.3 is 15.2 Å². The maximum absolute atomic E-state index is 11.4. The number of aliphatic hydroxyl groups excluding tert-OH is 1. The standard InChI is InChI=1S/C11H11ClN4O3/c1-19-10(18)7(5-17)14-9-8-6(3-2-4-13-8)15-11(12)16-9/h2-4,7,17H,5H2,1H3,(H,14,15,16)/t7-/m0/s1. The molecule has 100 valence electrons. The number of aliphatic hydroxyl groups is 1. The van der Waals surface area contributed by atoms with Crippen LogP contribution in [0.3, 0.4) is 0 Å². The lowest BCUT2D eigenvalue weighted by Crippen LogP contribution is -2.34. The van der Waals surface area contributed by atoms with Gasteiger partial charge in [-0.05, 0) is 23.7 Å². The number of nitrogens with zero attached hydrogens (tertiary/aromatic N) is 3. The predicted octanol–water partition coefficient (Wildman–Crippen LogP) is 0.624. The Morgan fingerprint density at radius 3 is 3.05 bits per heavy atom. The molecule has 2 N–H and O–H groups in total. The van der Waals surface area contributed by atoms with Crippen molar-refractivity contribution >= 4 is 34.4 Å². The number of esters is 1. The fraction of sp³-hybridized carbons (Fsp3) is 0.273. The van der Waals surface area contributed by atoms with E-state index in [-0.39, 0.29) is 11.1 Å². The lowest BCUT2D eigenvalue weighted by molar-refractivity contribution is -0.142. The van der Waals surface area contributed by atoms with Gasteiger partial charge in [-0.1, -0.05) is 0 Å². The number of fused-ring (bicyclic) bond motifs is 1. The second-order valence-corrected chi connectivity index (χ2v) is 3.95. The van der Waals surface area contributed by atoms with Crippen molar-refractivity contribution in [2.24, 2.45) is 0 Å². The van der Waals surface area contributed by atoms with Crippen molar-refractivity contribution in [1.82, 2.24) is 15.0 Å². The Kier molecular flexibility index (Phi) is 4.08. The fourth-order valence-electron chi connectivity index (χ4n) is 1.53. The molecule has 0 spiro atoms. The number of pyridine rings is 1. The largest absolute Gasteiger partial charge is 0.467 e. The van der Waals surface area contributed by atoms with E-state index in [1.54, 1.807) is 18.3 Å². The minimum Gasteiger partial charge on any atom is -0.467 e. The monoisotopic (exact) mass is 282 g/mol. The Morgan fingerprint density at radius 2 is 2.37 bits per heavy atom. The molecule has 2 aromatic rings. The molecule has 0 bridgehead atoms. The van der Waals surface area contributed by atoms with Crippen LogP contribution in [0, 0.1) is 0 Å². The van der Waals surface area contributed by atoms with E-state index in [2.05, 4.69) is 25.0 Å². The van der Waals surface area contributed by atoms with Gasteiger partial charge >= 0.3 is 5.97 Å². The number of anilines is 1. The summed E-state index contributed by atoms with van der Waals surface area (Å²) < 4.78 is 4.56. The predicted molar refractivity (Wildman–Crippen MR) is 68.9 cm³/mol. The number of hydrogen-bond acceptors (Lipinski definition) is 7. The normalized spacial score (nSPS) is 12.2. The van der Waals surface area contributed by atoms with E-state index in [0.29, 0.717) is 11.0 Å². The molecular formula is C11H11ClN4O3. The van der Waals surface area contributed by atoms with E-state index >= 15 is 0 Å². The van der Waals surface area contributed by atoms with Crippen molar-refractivity contribution in [3.63, 3.8) is 0 Å². The lowest BCUT2D eigenvalue weighted by atomic mass is 10.3. The van der Waals surface area contributed by atoms with Crippen molar-refractivity contribution < 1.29 is 14.6 Å². The molecule has 2 rings (SSSR count). The van der Waals surface area contributed by atoms with Crippen LogP contribution in [0.4, 0.5) is 5.82 Å². The first-order chi connectivity index (χ1) is 9.15. The first-order valence-corrected chi connectivity index (χ1v) is 5.77. The van der Waals surface area contributed by atoms with E-state index in [9.17, 15) is 9.90 Å². The average Bonchev–Trinajstić information content (AvgIpc) is 2.43. The number of halogens is 1. The topological polar surface area (TPSA) is 97.2 Å². The molecule has 0 saturated heterocycles. The van der Waals surface area contributed by atoms with Gasteiger partial charge in [0.1, 0.15) is 11.6 Å². The van der Waals surface area contributed by atoms with Gasteiger partial charge in [0.05, 0.1) is 19.2 Å². The first kappa shape index (κ1) is 13.4. The number of methoxy groups -OCH3 is 1. The van der Waals surface area contributed by atoms with Crippen LogP contribution in [0.5, 0.6) is 0 Å². The minimum atomic E-state index is -0.943. The first-order valence-electron chi connectivity index (χ1n) is 5.39. The van der Waals surface area contributed by atoms with E-state index in [1.165, 1.54) is 7.11 Å². The van der Waals surface area contributed by atoms with Crippen LogP contribution >= 0.6 is 11.6 Å². The maximum Gasteiger partial charge on any atom is 0.330 e. The molecule has 0 fully saturated rings. The number of aromatic nitrogens is 3. The molecule has 0 amide bonds. The zero-order valence-electron chi connectivity index (χ0n) is 10.00. The molecule has 1 atom stereocenters. The third-order valence-electron chi connectivity index (χ3n) is 2.41. The van der Waals surface area contributed by atoms with Crippen LogP contribution in [0.15, 0.2) is 18.3 Å². The highest BCUT2D eigenvalue weighted by molar-refractivity contribution is 6.28. The van der Waals surface area contributed by atoms with Crippen LogP contribution < -0.4 is 5.32 Å². The van der Waals surface area contributed by atoms with E-state index in [1.807, 2.05) is 0 Å². The summed E-state index contributed by atoms with van der Waals surface area (Å²) >= 11 is 5.80. The summed E-state index contributed by atoms with van der Waals surface area (Å²) in [5, 5.41) is 11.9. The van der Waals surface area contributed by atoms with Gasteiger partial charge in [-0.2, -0.15) is 4.98 Å². The summed E-state index contributed by atoms with van der Waals surface area (Å²) in [7, 11) is 1.23. The highest BCUT2D eigenvalue weighted by atomic mass is 35.5. The van der Waals surface area contributed by atoms with Crippen LogP contribution in [0.25, 0.3) is 11.0 Å². The third-order valence-corrected chi connectivity index (χ3v) is 2.58. The van der Waals surface area contributed by atoms with Crippen LogP contribution in [0.2, 0.25) is 5.28 Å². The number of ether oxygens (including phenoxy) is 1. The van der Waals surface area contributed by atoms with Gasteiger partial charge in [0.25, 0.3) is 0 Å². The Balaban J connectivity index is 2.41. The molecule has 2 heterocycles. The number of hydrogen-bond donors (Lipinski definition) is 2. The third kappa shape index (κ3) is 2.88. The Morgan fingerprint density at radius 1 is 1.58 bits per heavy atom. The Hall–Kier alpha value is -1.99. The molecule has 0 aliphatic carbocycles. The molecule has 8 heteroatoms. The Labute approximate surface area is 113 Å². The molecule has 0 unspecified atom stereocenters. The molecule has 2 aromatic heterocycles. The van der Waals surface area contributed by atoms with Gasteiger partial charge in [-0.15, -0.1) is 0 Å². The van der Waals surface area contributed by atoms with E-state index in [4.69, 9.17) is 11.6 Å². The van der Waals surface area contributed by atoms with Crippen molar-refractivity contribution in [3.05, 3.63) is 23.6 Å². The highest BCUT2D eigenvalue weighted by Gasteiger charge is 2.20. The molecule has 7 nitrogen and oxygen atoms in total. The average molecular weight is 283 g/mol. The zero-order chi connectivity index (χ0) is 13.8. The summed E-state index contributed by atoms with van der Waals surface area (Å²) in [6, 6.07) is 2.48. The van der Waals surface area contributed by atoms with Crippen molar-refractivity contribution in [1.29, 1.82) is 0 Å². The molecule has 0 radical (unpaired) electrons. The number of nitrogens with one attached hydrogen (secondary N) is 1. The van der Waals surface area contributed by atoms with Crippen molar-refractivity contribution in [2.75, 3.05) is 19.0 Å². The number of carbonyl (C=O) groups excluding carboxylic acids is 1. The van der Waals surface area contributed by atoms with Crippen molar-refractivity contribution in [3.8, 4) is 0 Å². The van der Waals surface area contributed by atoms with Crippen LogP contribution in [0.1, 0.15) is 0 Å². The van der Waals surface area contributed by atoms with Crippen molar-refractivity contribution in [2.45, 2.75) is 6.04 Å². The smallest absolute Gasteiger partial charge is 0.330 e. The lowest BCUT2D eigenvalue weighted by Gasteiger charge is -2.15. The highest BCUT2D eigenvalue weighted by Crippen LogP contribution is 2.20. The molecule has 0 saturated carbocycles. The Bertz CT molecular complexity index is 608. The summed E-state index contributed by atoms with van der Waals surface area (Å²) in [5.74, 6) is -0.346. The quantitative estimate of drug-likeness (QED) is 0.627. The van der Waals surface area contributed by atoms with E-state index in [0.717, 1.165) is 0 Å². The molecule has 0 aliphatic rings. The van der Waals surface area contributed by atoms with Gasteiger partial charge in [0.2, 0.25) is 5.28 Å². The van der Waals surface area contributed by atoms with Crippen LogP contribution in [-0.2, 0) is 9.53 Å².